The monoisotopic (exact) mass is 146 g/mol. The summed E-state index contributed by atoms with van der Waals surface area (Å²) in [5, 5.41) is 17.9. The van der Waals surface area contributed by atoms with Gasteiger partial charge < -0.3 is 10.2 Å². The lowest BCUT2D eigenvalue weighted by molar-refractivity contribution is 0.0275. The molecule has 0 aromatic heterocycles. The van der Waals surface area contributed by atoms with Crippen molar-refractivity contribution in [2.75, 3.05) is 6.61 Å². The van der Waals surface area contributed by atoms with Gasteiger partial charge in [0.15, 0.2) is 0 Å². The van der Waals surface area contributed by atoms with Crippen LogP contribution in [0.5, 0.6) is 0 Å². The topological polar surface area (TPSA) is 40.5 Å². The van der Waals surface area contributed by atoms with E-state index >= 15 is 0 Å². The second-order valence-electron chi connectivity index (χ2n) is 3.07. The van der Waals surface area contributed by atoms with Crippen molar-refractivity contribution in [3.05, 3.63) is 0 Å². The smallest absolute Gasteiger partial charge is 0.0801 e. The Kier molecular flexibility index (Phi) is 4.65. The quantitative estimate of drug-likeness (QED) is 0.621. The van der Waals surface area contributed by atoms with E-state index < -0.39 is 6.10 Å². The first-order chi connectivity index (χ1) is 4.63. The molecule has 2 atom stereocenters. The van der Waals surface area contributed by atoms with Gasteiger partial charge in [-0.2, -0.15) is 0 Å². The summed E-state index contributed by atoms with van der Waals surface area (Å²) in [5.74, 6) is 0.692. The maximum atomic E-state index is 9.24. The average molecular weight is 146 g/mol. The summed E-state index contributed by atoms with van der Waals surface area (Å²) >= 11 is 0. The highest BCUT2D eigenvalue weighted by Crippen LogP contribution is 2.18. The second-order valence-corrected chi connectivity index (χ2v) is 3.07. The molecule has 0 spiro atoms. The molecule has 0 aliphatic rings. The maximum absolute atomic E-state index is 9.24. The van der Waals surface area contributed by atoms with Gasteiger partial charge in [0.1, 0.15) is 0 Å². The largest absolute Gasteiger partial charge is 0.394 e. The lowest BCUT2D eigenvalue weighted by Gasteiger charge is -2.23. The summed E-state index contributed by atoms with van der Waals surface area (Å²) in [6, 6.07) is 0. The third-order valence-electron chi connectivity index (χ3n) is 2.01. The van der Waals surface area contributed by atoms with Gasteiger partial charge >= 0.3 is 0 Å². The zero-order chi connectivity index (χ0) is 8.15. The van der Waals surface area contributed by atoms with Crippen molar-refractivity contribution in [1.82, 2.24) is 0 Å². The van der Waals surface area contributed by atoms with E-state index in [-0.39, 0.29) is 12.5 Å². The van der Waals surface area contributed by atoms with E-state index in [1.807, 2.05) is 6.92 Å². The summed E-state index contributed by atoms with van der Waals surface area (Å²) < 4.78 is 0. The first kappa shape index (κ1) is 9.92. The molecule has 2 nitrogen and oxygen atoms in total. The van der Waals surface area contributed by atoms with Gasteiger partial charge in [0.25, 0.3) is 0 Å². The van der Waals surface area contributed by atoms with E-state index in [0.29, 0.717) is 5.92 Å². The number of hydrogen-bond acceptors (Lipinski definition) is 2. The van der Waals surface area contributed by atoms with E-state index in [4.69, 9.17) is 5.11 Å². The van der Waals surface area contributed by atoms with Gasteiger partial charge in [-0.25, -0.2) is 0 Å². The van der Waals surface area contributed by atoms with Crippen LogP contribution in [0.4, 0.5) is 0 Å². The molecule has 2 heteroatoms. The molecule has 10 heavy (non-hydrogen) atoms. The highest BCUT2D eigenvalue weighted by molar-refractivity contribution is 4.69. The number of aliphatic hydroxyl groups is 2. The lowest BCUT2D eigenvalue weighted by atomic mass is 9.88. The van der Waals surface area contributed by atoms with Crippen molar-refractivity contribution in [3.8, 4) is 0 Å². The summed E-state index contributed by atoms with van der Waals surface area (Å²) in [6.45, 7) is 6.04. The minimum absolute atomic E-state index is 0.114. The van der Waals surface area contributed by atoms with E-state index in [9.17, 15) is 5.11 Å². The van der Waals surface area contributed by atoms with Crippen LogP contribution in [-0.4, -0.2) is 22.9 Å². The average Bonchev–Trinajstić information content (AvgIpc) is 1.88. The van der Waals surface area contributed by atoms with Gasteiger partial charge in [-0.3, -0.25) is 0 Å². The molecule has 0 radical (unpaired) electrons. The summed E-state index contributed by atoms with van der Waals surface area (Å²) in [7, 11) is 0. The molecular weight excluding hydrogens is 128 g/mol. The van der Waals surface area contributed by atoms with Crippen LogP contribution in [0.1, 0.15) is 27.2 Å². The van der Waals surface area contributed by atoms with Crippen LogP contribution in [0.3, 0.4) is 0 Å². The van der Waals surface area contributed by atoms with E-state index in [1.165, 1.54) is 0 Å². The van der Waals surface area contributed by atoms with Crippen molar-refractivity contribution >= 4 is 0 Å². The molecule has 0 aromatic carbocycles. The molecule has 2 N–H and O–H groups in total. The first-order valence-electron chi connectivity index (χ1n) is 3.92. The molecule has 0 saturated carbocycles. The predicted molar refractivity (Wildman–Crippen MR) is 41.7 cm³/mol. The fourth-order valence-corrected chi connectivity index (χ4v) is 1.32. The van der Waals surface area contributed by atoms with Crippen LogP contribution < -0.4 is 0 Å². The Hall–Kier alpha value is -0.0800. The number of rotatable bonds is 4. The van der Waals surface area contributed by atoms with Gasteiger partial charge in [0.05, 0.1) is 12.7 Å². The van der Waals surface area contributed by atoms with Crippen LogP contribution in [0.25, 0.3) is 0 Å². The molecule has 0 aliphatic heterocycles. The predicted octanol–water partition coefficient (Wildman–Crippen LogP) is 1.02. The molecule has 0 unspecified atom stereocenters. The van der Waals surface area contributed by atoms with Crippen LogP contribution in [0, 0.1) is 11.8 Å². The molecule has 0 bridgehead atoms. The van der Waals surface area contributed by atoms with Crippen LogP contribution in [0.2, 0.25) is 0 Å². The Morgan fingerprint density at radius 2 is 1.80 bits per heavy atom. The fourth-order valence-electron chi connectivity index (χ4n) is 1.32. The van der Waals surface area contributed by atoms with Gasteiger partial charge in [-0.15, -0.1) is 0 Å². The zero-order valence-electron chi connectivity index (χ0n) is 7.04. The first-order valence-corrected chi connectivity index (χ1v) is 3.92. The minimum atomic E-state index is -0.537. The molecule has 0 heterocycles. The Morgan fingerprint density at radius 3 is 1.90 bits per heavy atom. The van der Waals surface area contributed by atoms with E-state index in [2.05, 4.69) is 13.8 Å². The van der Waals surface area contributed by atoms with Gasteiger partial charge in [-0.1, -0.05) is 27.2 Å². The molecule has 0 amide bonds. The van der Waals surface area contributed by atoms with Crippen LogP contribution in [0.15, 0.2) is 0 Å². The highest BCUT2D eigenvalue weighted by atomic mass is 16.3. The SMILES string of the molecule is CC[C@H](C(C)C)[C@@H](O)CO. The summed E-state index contributed by atoms with van der Waals surface area (Å²) in [4.78, 5) is 0. The van der Waals surface area contributed by atoms with Crippen molar-refractivity contribution in [3.63, 3.8) is 0 Å². The lowest BCUT2D eigenvalue weighted by Crippen LogP contribution is -2.27. The molecule has 0 saturated heterocycles. The molecular formula is C8H18O2. The molecule has 0 fully saturated rings. The molecule has 0 aliphatic carbocycles. The van der Waals surface area contributed by atoms with Crippen molar-refractivity contribution in [1.29, 1.82) is 0 Å². The van der Waals surface area contributed by atoms with Crippen molar-refractivity contribution in [2.45, 2.75) is 33.3 Å². The van der Waals surface area contributed by atoms with Gasteiger partial charge in [0.2, 0.25) is 0 Å². The van der Waals surface area contributed by atoms with Crippen molar-refractivity contribution in [2.24, 2.45) is 11.8 Å². The van der Waals surface area contributed by atoms with Crippen LogP contribution >= 0.6 is 0 Å². The normalized spacial score (nSPS) is 17.4. The Balaban J connectivity index is 3.80. The zero-order valence-corrected chi connectivity index (χ0v) is 7.04. The van der Waals surface area contributed by atoms with Crippen molar-refractivity contribution < 1.29 is 10.2 Å². The number of aliphatic hydroxyl groups excluding tert-OH is 2. The summed E-state index contributed by atoms with van der Waals surface area (Å²) in [5.41, 5.74) is 0. The van der Waals surface area contributed by atoms with Crippen LogP contribution in [-0.2, 0) is 0 Å². The third kappa shape index (κ3) is 2.67. The van der Waals surface area contributed by atoms with E-state index in [1.54, 1.807) is 0 Å². The Morgan fingerprint density at radius 1 is 1.30 bits per heavy atom. The Labute approximate surface area is 62.9 Å². The van der Waals surface area contributed by atoms with E-state index in [0.717, 1.165) is 6.42 Å². The molecule has 62 valence electrons. The van der Waals surface area contributed by atoms with Gasteiger partial charge in [0, 0.05) is 0 Å². The molecule has 0 rings (SSSR count). The Bertz CT molecular complexity index is 81.3. The second kappa shape index (κ2) is 4.69. The fraction of sp³-hybridized carbons (Fsp3) is 1.00. The third-order valence-corrected chi connectivity index (χ3v) is 2.01. The highest BCUT2D eigenvalue weighted by Gasteiger charge is 2.19. The van der Waals surface area contributed by atoms with Gasteiger partial charge in [-0.05, 0) is 11.8 Å². The number of hydrogen-bond donors (Lipinski definition) is 2. The molecule has 0 aromatic rings. The summed E-state index contributed by atoms with van der Waals surface area (Å²) in [6.07, 6.45) is 0.393. The minimum Gasteiger partial charge on any atom is -0.394 e. The maximum Gasteiger partial charge on any atom is 0.0801 e. The standard InChI is InChI=1S/C8H18O2/c1-4-7(6(2)3)8(10)5-9/h6-10H,4-5H2,1-3H3/t7-,8+/m1/s1.